The lowest BCUT2D eigenvalue weighted by Gasteiger charge is -2.14. The number of anilines is 1. The van der Waals surface area contributed by atoms with Crippen molar-refractivity contribution in [3.05, 3.63) is 65.7 Å². The van der Waals surface area contributed by atoms with E-state index in [9.17, 15) is 4.79 Å². The van der Waals surface area contributed by atoms with Crippen LogP contribution >= 0.6 is 0 Å². The summed E-state index contributed by atoms with van der Waals surface area (Å²) in [6.45, 7) is 2.00. The highest BCUT2D eigenvalue weighted by Gasteiger charge is 2.10. The average molecular weight is 269 g/mol. The largest absolute Gasteiger partial charge is 0.349 e. The van der Waals surface area contributed by atoms with E-state index >= 15 is 0 Å². The van der Waals surface area contributed by atoms with Crippen molar-refractivity contribution in [3.63, 3.8) is 0 Å². The predicted octanol–water partition coefficient (Wildman–Crippen LogP) is 2.33. The predicted molar refractivity (Wildman–Crippen MR) is 81.3 cm³/mol. The Bertz CT molecular complexity index is 552. The van der Waals surface area contributed by atoms with Crippen LogP contribution in [0.4, 0.5) is 5.69 Å². The second-order valence-corrected chi connectivity index (χ2v) is 4.79. The first-order valence-electron chi connectivity index (χ1n) is 6.60. The van der Waals surface area contributed by atoms with E-state index in [4.69, 9.17) is 5.84 Å². The minimum absolute atomic E-state index is 0.0722. The summed E-state index contributed by atoms with van der Waals surface area (Å²) in [5, 5.41) is 2.99. The quantitative estimate of drug-likeness (QED) is 0.576. The van der Waals surface area contributed by atoms with Gasteiger partial charge in [-0.05, 0) is 43.2 Å². The molecule has 20 heavy (non-hydrogen) atoms. The molecule has 0 aliphatic rings. The van der Waals surface area contributed by atoms with Gasteiger partial charge in [0.15, 0.2) is 0 Å². The monoisotopic (exact) mass is 269 g/mol. The number of nitrogens with two attached hydrogens (primary N) is 1. The maximum Gasteiger partial charge on any atom is 0.251 e. The molecule has 4 nitrogen and oxygen atoms in total. The topological polar surface area (TPSA) is 67.2 Å². The van der Waals surface area contributed by atoms with E-state index in [1.807, 2.05) is 25.1 Å². The molecule has 0 radical (unpaired) electrons. The number of nitrogens with one attached hydrogen (secondary N) is 2. The van der Waals surface area contributed by atoms with Crippen molar-refractivity contribution in [2.75, 3.05) is 5.43 Å². The number of rotatable bonds is 5. The molecule has 1 unspecified atom stereocenters. The van der Waals surface area contributed by atoms with E-state index in [1.54, 1.807) is 24.3 Å². The third-order valence-electron chi connectivity index (χ3n) is 3.08. The fraction of sp³-hybridized carbons (Fsp3) is 0.188. The molecule has 0 fully saturated rings. The lowest BCUT2D eigenvalue weighted by atomic mass is 10.1. The summed E-state index contributed by atoms with van der Waals surface area (Å²) in [5.41, 5.74) is 5.15. The van der Waals surface area contributed by atoms with Crippen molar-refractivity contribution in [2.24, 2.45) is 5.84 Å². The van der Waals surface area contributed by atoms with Crippen LogP contribution in [0.15, 0.2) is 54.6 Å². The van der Waals surface area contributed by atoms with Crippen molar-refractivity contribution in [1.82, 2.24) is 5.32 Å². The fourth-order valence-electron chi connectivity index (χ4n) is 2.04. The highest BCUT2D eigenvalue weighted by atomic mass is 16.1. The molecule has 0 heterocycles. The maximum absolute atomic E-state index is 12.1. The number of hydrogen-bond donors (Lipinski definition) is 3. The van der Waals surface area contributed by atoms with Gasteiger partial charge in [0.2, 0.25) is 0 Å². The smallest absolute Gasteiger partial charge is 0.251 e. The minimum Gasteiger partial charge on any atom is -0.349 e. The molecule has 0 aliphatic carbocycles. The van der Waals surface area contributed by atoms with E-state index in [0.29, 0.717) is 5.56 Å². The van der Waals surface area contributed by atoms with E-state index in [0.717, 1.165) is 12.1 Å². The Balaban J connectivity index is 1.93. The zero-order valence-corrected chi connectivity index (χ0v) is 11.5. The Morgan fingerprint density at radius 1 is 1.10 bits per heavy atom. The van der Waals surface area contributed by atoms with Crippen LogP contribution in [0.3, 0.4) is 0 Å². The minimum atomic E-state index is -0.0722. The number of nitrogen functional groups attached to an aromatic ring is 1. The molecule has 104 valence electrons. The number of hydrogen-bond acceptors (Lipinski definition) is 3. The van der Waals surface area contributed by atoms with Gasteiger partial charge in [0.1, 0.15) is 0 Å². The van der Waals surface area contributed by atoms with Gasteiger partial charge in [-0.3, -0.25) is 10.6 Å². The lowest BCUT2D eigenvalue weighted by Crippen LogP contribution is -2.34. The van der Waals surface area contributed by atoms with Crippen LogP contribution in [0.2, 0.25) is 0 Å². The SMILES string of the molecule is CC(Cc1ccccc1)NC(=O)c1ccc(NN)cc1. The molecule has 2 aromatic rings. The van der Waals surface area contributed by atoms with Crippen molar-refractivity contribution in [3.8, 4) is 0 Å². The van der Waals surface area contributed by atoms with E-state index < -0.39 is 0 Å². The van der Waals surface area contributed by atoms with Crippen LogP contribution in [-0.4, -0.2) is 11.9 Å². The number of benzene rings is 2. The molecule has 0 spiro atoms. The van der Waals surface area contributed by atoms with Crippen LogP contribution < -0.4 is 16.6 Å². The molecule has 1 amide bonds. The Morgan fingerprint density at radius 3 is 2.35 bits per heavy atom. The van der Waals surface area contributed by atoms with Crippen molar-refractivity contribution >= 4 is 11.6 Å². The first-order valence-corrected chi connectivity index (χ1v) is 6.60. The van der Waals surface area contributed by atoms with Gasteiger partial charge in [-0.15, -0.1) is 0 Å². The van der Waals surface area contributed by atoms with Crippen LogP contribution in [0, 0.1) is 0 Å². The molecule has 4 N–H and O–H groups in total. The number of carbonyl (C=O) groups is 1. The molecule has 2 rings (SSSR count). The third-order valence-corrected chi connectivity index (χ3v) is 3.08. The standard InChI is InChI=1S/C16H19N3O/c1-12(11-13-5-3-2-4-6-13)18-16(20)14-7-9-15(19-17)10-8-14/h2-10,12,19H,11,17H2,1H3,(H,18,20). The Hall–Kier alpha value is -2.33. The fourth-order valence-corrected chi connectivity index (χ4v) is 2.04. The third kappa shape index (κ3) is 3.83. The summed E-state index contributed by atoms with van der Waals surface area (Å²) >= 11 is 0. The number of hydrazine groups is 1. The van der Waals surface area contributed by atoms with Crippen LogP contribution in [0.1, 0.15) is 22.8 Å². The molecule has 2 aromatic carbocycles. The first-order chi connectivity index (χ1) is 9.69. The molecule has 0 saturated heterocycles. The summed E-state index contributed by atoms with van der Waals surface area (Å²) in [6, 6.07) is 17.2. The van der Waals surface area contributed by atoms with Crippen molar-refractivity contribution < 1.29 is 4.79 Å². The van der Waals surface area contributed by atoms with Gasteiger partial charge in [0.25, 0.3) is 5.91 Å². The van der Waals surface area contributed by atoms with Crippen molar-refractivity contribution in [1.29, 1.82) is 0 Å². The molecule has 1 atom stereocenters. The molecular formula is C16H19N3O. The second kappa shape index (κ2) is 6.73. The zero-order valence-electron chi connectivity index (χ0n) is 11.5. The zero-order chi connectivity index (χ0) is 14.4. The molecule has 0 saturated carbocycles. The highest BCUT2D eigenvalue weighted by Crippen LogP contribution is 2.09. The summed E-state index contributed by atoms with van der Waals surface area (Å²) < 4.78 is 0. The lowest BCUT2D eigenvalue weighted by molar-refractivity contribution is 0.0940. The highest BCUT2D eigenvalue weighted by molar-refractivity contribution is 5.94. The summed E-state index contributed by atoms with van der Waals surface area (Å²) in [7, 11) is 0. The van der Waals surface area contributed by atoms with Gasteiger partial charge >= 0.3 is 0 Å². The Kier molecular flexibility index (Phi) is 4.74. The van der Waals surface area contributed by atoms with Gasteiger partial charge in [-0.1, -0.05) is 30.3 Å². The van der Waals surface area contributed by atoms with Gasteiger partial charge in [0, 0.05) is 17.3 Å². The van der Waals surface area contributed by atoms with Crippen LogP contribution in [0.5, 0.6) is 0 Å². The van der Waals surface area contributed by atoms with Crippen LogP contribution in [-0.2, 0) is 6.42 Å². The van der Waals surface area contributed by atoms with Gasteiger partial charge < -0.3 is 10.7 Å². The summed E-state index contributed by atoms with van der Waals surface area (Å²) in [6.07, 6.45) is 0.815. The second-order valence-electron chi connectivity index (χ2n) is 4.79. The molecule has 0 aliphatic heterocycles. The maximum atomic E-state index is 12.1. The van der Waals surface area contributed by atoms with Gasteiger partial charge in [0.05, 0.1) is 0 Å². The van der Waals surface area contributed by atoms with E-state index in [-0.39, 0.29) is 11.9 Å². The Labute approximate surface area is 119 Å². The molecule has 4 heteroatoms. The van der Waals surface area contributed by atoms with E-state index in [2.05, 4.69) is 22.9 Å². The first kappa shape index (κ1) is 14.1. The summed E-state index contributed by atoms with van der Waals surface area (Å²) in [4.78, 5) is 12.1. The van der Waals surface area contributed by atoms with E-state index in [1.165, 1.54) is 5.56 Å². The number of carbonyl (C=O) groups excluding carboxylic acids is 1. The summed E-state index contributed by atoms with van der Waals surface area (Å²) in [5.74, 6) is 5.22. The van der Waals surface area contributed by atoms with Gasteiger partial charge in [-0.2, -0.15) is 0 Å². The van der Waals surface area contributed by atoms with Gasteiger partial charge in [-0.25, -0.2) is 0 Å². The normalized spacial score (nSPS) is 11.7. The average Bonchev–Trinajstić information content (AvgIpc) is 2.48. The van der Waals surface area contributed by atoms with Crippen molar-refractivity contribution in [2.45, 2.75) is 19.4 Å². The Morgan fingerprint density at radius 2 is 1.75 bits per heavy atom. The van der Waals surface area contributed by atoms with Crippen LogP contribution in [0.25, 0.3) is 0 Å². The molecular weight excluding hydrogens is 250 g/mol. The molecule has 0 aromatic heterocycles. The molecule has 0 bridgehead atoms. The number of amides is 1.